The average Bonchev–Trinajstić information content (AvgIpc) is 3.39. The largest absolute Gasteiger partial charge is 0.443 e. The molecule has 2 aromatic heterocycles. The molecule has 9 heteroatoms. The Morgan fingerprint density at radius 3 is 2.35 bits per heavy atom. The smallest absolute Gasteiger partial charge is 0.422 e. The Hall–Kier alpha value is -3.20. The van der Waals surface area contributed by atoms with Crippen molar-refractivity contribution in [1.82, 2.24) is 19.7 Å². The van der Waals surface area contributed by atoms with Gasteiger partial charge in [0.2, 0.25) is 11.1 Å². The van der Waals surface area contributed by atoms with Crippen LogP contribution in [0.4, 0.5) is 10.5 Å². The normalized spacial score (nSPS) is 14.7. The molecule has 1 saturated carbocycles. The fourth-order valence-corrected chi connectivity index (χ4v) is 4.06. The molecule has 1 fully saturated rings. The summed E-state index contributed by atoms with van der Waals surface area (Å²) in [5.74, 6) is 0.228. The van der Waals surface area contributed by atoms with Gasteiger partial charge < -0.3 is 10.1 Å². The highest BCUT2D eigenvalue weighted by Gasteiger charge is 2.52. The lowest BCUT2D eigenvalue weighted by Gasteiger charge is -2.21. The molecule has 1 aliphatic rings. The second kappa shape index (κ2) is 8.14. The predicted octanol–water partition coefficient (Wildman–Crippen LogP) is 4.39. The van der Waals surface area contributed by atoms with Crippen LogP contribution in [0, 0.1) is 0 Å². The molecule has 0 atom stereocenters. The van der Waals surface area contributed by atoms with Gasteiger partial charge in [-0.3, -0.25) is 9.78 Å². The standard InChI is InChI=1S/C22H23N5O3S/c1-21(2,3)30-20(29)27-17(15-9-13-23-14-10-15)25-26-19(27)31-22(11-12-22)18(28)24-16-7-5-4-6-8-16/h4-10,13-14H,11-12H2,1-3H3,(H,24,28). The van der Waals surface area contributed by atoms with Crippen molar-refractivity contribution in [3.63, 3.8) is 0 Å². The van der Waals surface area contributed by atoms with Gasteiger partial charge in [0.25, 0.3) is 0 Å². The molecule has 0 saturated heterocycles. The Bertz CT molecular complexity index is 1090. The molecule has 0 bridgehead atoms. The summed E-state index contributed by atoms with van der Waals surface area (Å²) in [7, 11) is 0. The summed E-state index contributed by atoms with van der Waals surface area (Å²) in [5, 5.41) is 11.7. The number of carbonyl (C=O) groups excluding carboxylic acids is 2. The highest BCUT2D eigenvalue weighted by Crippen LogP contribution is 2.52. The molecule has 0 aliphatic heterocycles. The number of carbonyl (C=O) groups is 2. The van der Waals surface area contributed by atoms with Gasteiger partial charge in [-0.05, 0) is 57.9 Å². The summed E-state index contributed by atoms with van der Waals surface area (Å²) in [6.07, 6.45) is 4.01. The Balaban J connectivity index is 1.64. The number of para-hydroxylation sites is 1. The third-order valence-corrected chi connectivity index (χ3v) is 6.02. The van der Waals surface area contributed by atoms with Crippen molar-refractivity contribution >= 4 is 29.4 Å². The Morgan fingerprint density at radius 1 is 1.06 bits per heavy atom. The molecule has 160 valence electrons. The topological polar surface area (TPSA) is 99.0 Å². The zero-order valence-corrected chi connectivity index (χ0v) is 18.3. The third kappa shape index (κ3) is 4.77. The van der Waals surface area contributed by atoms with Gasteiger partial charge in [-0.25, -0.2) is 9.36 Å². The minimum atomic E-state index is -0.696. The molecule has 4 rings (SSSR count). The molecule has 31 heavy (non-hydrogen) atoms. The number of hydrogen-bond acceptors (Lipinski definition) is 7. The Labute approximate surface area is 184 Å². The number of rotatable bonds is 5. The van der Waals surface area contributed by atoms with E-state index >= 15 is 0 Å². The summed E-state index contributed by atoms with van der Waals surface area (Å²) in [4.78, 5) is 30.0. The van der Waals surface area contributed by atoms with E-state index in [-0.39, 0.29) is 5.91 Å². The highest BCUT2D eigenvalue weighted by molar-refractivity contribution is 8.01. The second-order valence-electron chi connectivity index (χ2n) is 8.27. The van der Waals surface area contributed by atoms with E-state index in [2.05, 4.69) is 20.5 Å². The number of hydrogen-bond donors (Lipinski definition) is 1. The van der Waals surface area contributed by atoms with Crippen LogP contribution in [-0.4, -0.2) is 42.1 Å². The number of thioether (sulfide) groups is 1. The second-order valence-corrected chi connectivity index (χ2v) is 9.63. The Morgan fingerprint density at radius 2 is 1.74 bits per heavy atom. The highest BCUT2D eigenvalue weighted by atomic mass is 32.2. The number of nitrogens with one attached hydrogen (secondary N) is 1. The molecule has 0 spiro atoms. The zero-order chi connectivity index (χ0) is 22.1. The van der Waals surface area contributed by atoms with Crippen LogP contribution in [0.2, 0.25) is 0 Å². The van der Waals surface area contributed by atoms with E-state index in [1.807, 2.05) is 30.3 Å². The van der Waals surface area contributed by atoms with E-state index in [1.54, 1.807) is 45.3 Å². The molecule has 1 N–H and O–H groups in total. The lowest BCUT2D eigenvalue weighted by molar-refractivity contribution is -0.116. The van der Waals surface area contributed by atoms with Gasteiger partial charge in [-0.1, -0.05) is 30.0 Å². The summed E-state index contributed by atoms with van der Waals surface area (Å²) >= 11 is 1.24. The van der Waals surface area contributed by atoms with Crippen molar-refractivity contribution in [2.45, 2.75) is 49.1 Å². The van der Waals surface area contributed by atoms with E-state index in [4.69, 9.17) is 4.74 Å². The Kier molecular flexibility index (Phi) is 5.53. The predicted molar refractivity (Wildman–Crippen MR) is 118 cm³/mol. The molecule has 1 aromatic carbocycles. The number of amides is 1. The first-order valence-corrected chi connectivity index (χ1v) is 10.7. The first kappa shape index (κ1) is 21.0. The summed E-state index contributed by atoms with van der Waals surface area (Å²) < 4.78 is 6.23. The SMILES string of the molecule is CC(C)(C)OC(=O)n1c(SC2(C(=O)Nc3ccccc3)CC2)nnc1-c1ccncc1. The maximum Gasteiger partial charge on any atom is 0.422 e. The van der Waals surface area contributed by atoms with E-state index in [1.165, 1.54) is 16.3 Å². The van der Waals surface area contributed by atoms with Crippen molar-refractivity contribution in [3.05, 3.63) is 54.9 Å². The lowest BCUT2D eigenvalue weighted by atomic mass is 10.2. The van der Waals surface area contributed by atoms with E-state index in [0.29, 0.717) is 29.4 Å². The van der Waals surface area contributed by atoms with Crippen LogP contribution in [0.3, 0.4) is 0 Å². The maximum atomic E-state index is 13.0. The van der Waals surface area contributed by atoms with Gasteiger partial charge in [-0.15, -0.1) is 10.2 Å². The van der Waals surface area contributed by atoms with E-state index in [9.17, 15) is 9.59 Å². The van der Waals surface area contributed by atoms with Gasteiger partial charge in [0.1, 0.15) is 10.3 Å². The minimum Gasteiger partial charge on any atom is -0.443 e. The van der Waals surface area contributed by atoms with Crippen LogP contribution < -0.4 is 5.32 Å². The molecule has 0 unspecified atom stereocenters. The average molecular weight is 438 g/mol. The zero-order valence-electron chi connectivity index (χ0n) is 17.5. The fraction of sp³-hybridized carbons (Fsp3) is 0.318. The van der Waals surface area contributed by atoms with Gasteiger partial charge in [0.05, 0.1) is 0 Å². The minimum absolute atomic E-state index is 0.118. The molecule has 2 heterocycles. The van der Waals surface area contributed by atoms with Gasteiger partial charge in [0, 0.05) is 23.6 Å². The van der Waals surface area contributed by atoms with Crippen molar-refractivity contribution < 1.29 is 14.3 Å². The van der Waals surface area contributed by atoms with Crippen LogP contribution in [-0.2, 0) is 9.53 Å². The van der Waals surface area contributed by atoms with Crippen LogP contribution in [0.5, 0.6) is 0 Å². The van der Waals surface area contributed by atoms with Crippen LogP contribution in [0.15, 0.2) is 60.0 Å². The molecule has 8 nitrogen and oxygen atoms in total. The number of benzene rings is 1. The van der Waals surface area contributed by atoms with E-state index in [0.717, 1.165) is 5.69 Å². The molecular weight excluding hydrogens is 414 g/mol. The van der Waals surface area contributed by atoms with Crippen LogP contribution in [0.1, 0.15) is 33.6 Å². The molecule has 1 amide bonds. The first-order valence-electron chi connectivity index (χ1n) is 9.92. The van der Waals surface area contributed by atoms with Crippen molar-refractivity contribution in [3.8, 4) is 11.4 Å². The van der Waals surface area contributed by atoms with Crippen molar-refractivity contribution in [2.24, 2.45) is 0 Å². The fourth-order valence-electron chi connectivity index (χ4n) is 2.93. The summed E-state index contributed by atoms with van der Waals surface area (Å²) in [6, 6.07) is 12.8. The first-order chi connectivity index (χ1) is 14.8. The molecular formula is C22H23N5O3S. The number of aromatic nitrogens is 4. The third-order valence-electron chi connectivity index (χ3n) is 4.58. The summed E-state index contributed by atoms with van der Waals surface area (Å²) in [5.41, 5.74) is 0.713. The van der Waals surface area contributed by atoms with Crippen LogP contribution >= 0.6 is 11.8 Å². The number of ether oxygens (including phenoxy) is 1. The summed E-state index contributed by atoms with van der Waals surface area (Å²) in [6.45, 7) is 5.39. The molecule has 3 aromatic rings. The molecule has 1 aliphatic carbocycles. The van der Waals surface area contributed by atoms with Gasteiger partial charge >= 0.3 is 6.09 Å². The molecule has 0 radical (unpaired) electrons. The van der Waals surface area contributed by atoms with Gasteiger partial charge in [0.15, 0.2) is 5.82 Å². The van der Waals surface area contributed by atoms with Crippen molar-refractivity contribution in [2.75, 3.05) is 5.32 Å². The van der Waals surface area contributed by atoms with Crippen molar-refractivity contribution in [1.29, 1.82) is 0 Å². The lowest BCUT2D eigenvalue weighted by Crippen LogP contribution is -2.30. The van der Waals surface area contributed by atoms with E-state index < -0.39 is 16.4 Å². The van der Waals surface area contributed by atoms with Crippen LogP contribution in [0.25, 0.3) is 11.4 Å². The maximum absolute atomic E-state index is 13.0. The number of anilines is 1. The number of pyridine rings is 1. The van der Waals surface area contributed by atoms with Gasteiger partial charge in [-0.2, -0.15) is 0 Å². The number of nitrogens with zero attached hydrogens (tertiary/aromatic N) is 4. The monoisotopic (exact) mass is 437 g/mol. The quantitative estimate of drug-likeness (QED) is 0.632.